The number of nitrogens with one attached hydrogen (secondary N) is 2. The molecule has 8 heteroatoms. The Labute approximate surface area is 162 Å². The highest BCUT2D eigenvalue weighted by molar-refractivity contribution is 5.95. The predicted octanol–water partition coefficient (Wildman–Crippen LogP) is 3.79. The van der Waals surface area contributed by atoms with Crippen LogP contribution in [0.1, 0.15) is 18.4 Å². The van der Waals surface area contributed by atoms with Gasteiger partial charge in [0.25, 0.3) is 5.69 Å². The third kappa shape index (κ3) is 4.46. The molecule has 0 aromatic heterocycles. The summed E-state index contributed by atoms with van der Waals surface area (Å²) in [5, 5.41) is 16.7. The molecule has 2 aromatic carbocycles. The molecule has 0 saturated carbocycles. The number of anilines is 2. The Balaban J connectivity index is 1.64. The number of para-hydroxylation sites is 1. The van der Waals surface area contributed by atoms with Crippen LogP contribution in [-0.2, 0) is 4.79 Å². The van der Waals surface area contributed by atoms with Crippen LogP contribution in [0.2, 0.25) is 0 Å². The van der Waals surface area contributed by atoms with Gasteiger partial charge in [0.2, 0.25) is 5.91 Å². The van der Waals surface area contributed by atoms with Gasteiger partial charge in [0.15, 0.2) is 0 Å². The quantitative estimate of drug-likeness (QED) is 0.620. The zero-order valence-electron chi connectivity index (χ0n) is 15.6. The third-order valence-electron chi connectivity index (χ3n) is 4.86. The van der Waals surface area contributed by atoms with Gasteiger partial charge in [-0.25, -0.2) is 4.79 Å². The van der Waals surface area contributed by atoms with Crippen LogP contribution in [0.25, 0.3) is 0 Å². The standard InChI is InChI=1S/C20H22N4O4/c1-14-17(10-5-11-18(14)24(27)28)22-19(25)15-7-6-12-23(13-15)20(26)21-16-8-3-2-4-9-16/h2-5,8-11,15H,6-7,12-13H2,1H3,(H,21,26)(H,22,25)/t15-/m1/s1. The molecule has 1 atom stereocenters. The molecule has 8 nitrogen and oxygen atoms in total. The molecule has 3 rings (SSSR count). The second-order valence-electron chi connectivity index (χ2n) is 6.78. The smallest absolute Gasteiger partial charge is 0.321 e. The van der Waals surface area contributed by atoms with Gasteiger partial charge in [-0.15, -0.1) is 0 Å². The first-order valence-electron chi connectivity index (χ1n) is 9.11. The van der Waals surface area contributed by atoms with E-state index in [0.717, 1.165) is 0 Å². The van der Waals surface area contributed by atoms with Crippen LogP contribution >= 0.6 is 0 Å². The fourth-order valence-corrected chi connectivity index (χ4v) is 3.29. The van der Waals surface area contributed by atoms with Crippen molar-refractivity contribution >= 4 is 29.0 Å². The first-order chi connectivity index (χ1) is 13.5. The summed E-state index contributed by atoms with van der Waals surface area (Å²) in [5.41, 5.74) is 1.50. The molecule has 0 radical (unpaired) electrons. The lowest BCUT2D eigenvalue weighted by Crippen LogP contribution is -2.45. The first-order valence-corrected chi connectivity index (χ1v) is 9.11. The van der Waals surface area contributed by atoms with Crippen LogP contribution in [0.3, 0.4) is 0 Å². The number of benzene rings is 2. The van der Waals surface area contributed by atoms with Crippen molar-refractivity contribution in [2.75, 3.05) is 23.7 Å². The molecule has 0 unspecified atom stereocenters. The summed E-state index contributed by atoms with van der Waals surface area (Å²) < 4.78 is 0. The summed E-state index contributed by atoms with van der Waals surface area (Å²) in [7, 11) is 0. The Kier molecular flexibility index (Phi) is 5.88. The number of nitrogens with zero attached hydrogens (tertiary/aromatic N) is 2. The van der Waals surface area contributed by atoms with Crippen LogP contribution in [0, 0.1) is 23.0 Å². The van der Waals surface area contributed by atoms with Gasteiger partial charge in [0.05, 0.1) is 22.1 Å². The van der Waals surface area contributed by atoms with E-state index in [2.05, 4.69) is 10.6 Å². The first kappa shape index (κ1) is 19.3. The van der Waals surface area contributed by atoms with Crippen molar-refractivity contribution < 1.29 is 14.5 Å². The van der Waals surface area contributed by atoms with Crippen LogP contribution in [0.4, 0.5) is 21.9 Å². The molecule has 0 aliphatic carbocycles. The fraction of sp³-hybridized carbons (Fsp3) is 0.300. The van der Waals surface area contributed by atoms with Gasteiger partial charge in [-0.05, 0) is 38.0 Å². The summed E-state index contributed by atoms with van der Waals surface area (Å²) in [6, 6.07) is 13.5. The fourth-order valence-electron chi connectivity index (χ4n) is 3.29. The normalized spacial score (nSPS) is 16.3. The number of hydrogen-bond donors (Lipinski definition) is 2. The van der Waals surface area contributed by atoms with Gasteiger partial charge >= 0.3 is 6.03 Å². The van der Waals surface area contributed by atoms with Gasteiger partial charge in [-0.3, -0.25) is 14.9 Å². The number of urea groups is 1. The second kappa shape index (κ2) is 8.51. The van der Waals surface area contributed by atoms with Crippen LogP contribution in [0.15, 0.2) is 48.5 Å². The minimum Gasteiger partial charge on any atom is -0.325 e. The van der Waals surface area contributed by atoms with E-state index in [1.54, 1.807) is 36.1 Å². The van der Waals surface area contributed by atoms with Crippen molar-refractivity contribution in [1.29, 1.82) is 0 Å². The lowest BCUT2D eigenvalue weighted by Gasteiger charge is -2.32. The number of piperidine rings is 1. The lowest BCUT2D eigenvalue weighted by molar-refractivity contribution is -0.385. The Morgan fingerprint density at radius 3 is 2.57 bits per heavy atom. The van der Waals surface area contributed by atoms with E-state index in [9.17, 15) is 19.7 Å². The van der Waals surface area contributed by atoms with E-state index in [1.165, 1.54) is 6.07 Å². The number of hydrogen-bond acceptors (Lipinski definition) is 4. The molecular weight excluding hydrogens is 360 g/mol. The Morgan fingerprint density at radius 2 is 1.86 bits per heavy atom. The van der Waals surface area contributed by atoms with Gasteiger partial charge in [0, 0.05) is 24.8 Å². The topological polar surface area (TPSA) is 105 Å². The summed E-state index contributed by atoms with van der Waals surface area (Å²) in [4.78, 5) is 37.4. The average molecular weight is 382 g/mol. The van der Waals surface area contributed by atoms with Gasteiger partial charge in [-0.2, -0.15) is 0 Å². The summed E-state index contributed by atoms with van der Waals surface area (Å²) in [5.74, 6) is -0.602. The number of likely N-dealkylation sites (tertiary alicyclic amines) is 1. The summed E-state index contributed by atoms with van der Waals surface area (Å²) in [6.45, 7) is 2.49. The van der Waals surface area contributed by atoms with Gasteiger partial charge in [-0.1, -0.05) is 24.3 Å². The lowest BCUT2D eigenvalue weighted by atomic mass is 9.97. The highest BCUT2D eigenvalue weighted by atomic mass is 16.6. The van der Waals surface area contributed by atoms with Gasteiger partial charge in [0.1, 0.15) is 0 Å². The van der Waals surface area contributed by atoms with Crippen molar-refractivity contribution in [3.63, 3.8) is 0 Å². The highest BCUT2D eigenvalue weighted by Gasteiger charge is 2.29. The molecule has 2 N–H and O–H groups in total. The number of carbonyl (C=O) groups is 2. The number of rotatable bonds is 4. The van der Waals surface area contributed by atoms with Crippen LogP contribution < -0.4 is 10.6 Å². The molecule has 0 bridgehead atoms. The molecule has 3 amide bonds. The van der Waals surface area contributed by atoms with E-state index >= 15 is 0 Å². The molecular formula is C20H22N4O4. The average Bonchev–Trinajstić information content (AvgIpc) is 2.70. The zero-order chi connectivity index (χ0) is 20.1. The molecule has 2 aromatic rings. The molecule has 28 heavy (non-hydrogen) atoms. The maximum Gasteiger partial charge on any atom is 0.321 e. The predicted molar refractivity (Wildman–Crippen MR) is 106 cm³/mol. The maximum absolute atomic E-state index is 12.7. The molecule has 0 spiro atoms. The van der Waals surface area contributed by atoms with E-state index in [0.29, 0.717) is 42.9 Å². The largest absolute Gasteiger partial charge is 0.325 e. The maximum atomic E-state index is 12.7. The SMILES string of the molecule is Cc1c(NC(=O)[C@@H]2CCCN(C(=O)Nc3ccccc3)C2)cccc1[N+](=O)[O-]. The molecule has 1 heterocycles. The number of nitro benzene ring substituents is 1. The molecule has 1 aliphatic rings. The van der Waals surface area contributed by atoms with E-state index in [-0.39, 0.29) is 23.5 Å². The number of amides is 3. The van der Waals surface area contributed by atoms with Crippen molar-refractivity contribution in [1.82, 2.24) is 4.90 Å². The minimum absolute atomic E-state index is 0.0368. The summed E-state index contributed by atoms with van der Waals surface area (Å²) >= 11 is 0. The van der Waals surface area contributed by atoms with Gasteiger partial charge < -0.3 is 15.5 Å². The van der Waals surface area contributed by atoms with Crippen LogP contribution in [-0.4, -0.2) is 34.9 Å². The highest BCUT2D eigenvalue weighted by Crippen LogP contribution is 2.26. The minimum atomic E-state index is -0.471. The molecule has 146 valence electrons. The Bertz CT molecular complexity index is 885. The monoisotopic (exact) mass is 382 g/mol. The third-order valence-corrected chi connectivity index (χ3v) is 4.86. The number of carbonyl (C=O) groups excluding carboxylic acids is 2. The van der Waals surface area contributed by atoms with Crippen molar-refractivity contribution in [2.24, 2.45) is 5.92 Å². The summed E-state index contributed by atoms with van der Waals surface area (Å²) in [6.07, 6.45) is 1.38. The molecule has 1 aliphatic heterocycles. The van der Waals surface area contributed by atoms with E-state index < -0.39 is 4.92 Å². The number of nitro groups is 1. The van der Waals surface area contributed by atoms with Crippen molar-refractivity contribution in [3.8, 4) is 0 Å². The van der Waals surface area contributed by atoms with E-state index in [4.69, 9.17) is 0 Å². The van der Waals surface area contributed by atoms with E-state index in [1.807, 2.05) is 18.2 Å². The molecule has 1 fully saturated rings. The Hall–Kier alpha value is -3.42. The van der Waals surface area contributed by atoms with Crippen LogP contribution in [0.5, 0.6) is 0 Å². The van der Waals surface area contributed by atoms with Crippen molar-refractivity contribution in [3.05, 3.63) is 64.2 Å². The molecule has 1 saturated heterocycles. The van der Waals surface area contributed by atoms with Crippen molar-refractivity contribution in [2.45, 2.75) is 19.8 Å². The second-order valence-corrected chi connectivity index (χ2v) is 6.78. The zero-order valence-corrected chi connectivity index (χ0v) is 15.6. The Morgan fingerprint density at radius 1 is 1.11 bits per heavy atom.